The Kier molecular flexibility index (Phi) is 7.56. The number of carbonyl (C=O) groups is 2. The molecule has 0 atom stereocenters. The number of hydrazone groups is 1. The van der Waals surface area contributed by atoms with E-state index in [0.29, 0.717) is 23.5 Å². The van der Waals surface area contributed by atoms with Gasteiger partial charge in [-0.05, 0) is 60.3 Å². The second-order valence-corrected chi connectivity index (χ2v) is 7.23. The Hall–Kier alpha value is -3.91. The average Bonchev–Trinajstić information content (AvgIpc) is 3.29. The predicted octanol–water partition coefficient (Wildman–Crippen LogP) is 3.77. The fourth-order valence-corrected chi connectivity index (χ4v) is 3.22. The number of phenols is 1. The van der Waals surface area contributed by atoms with Crippen LogP contribution in [-0.2, 0) is 4.79 Å². The molecule has 0 radical (unpaired) electrons. The molecule has 0 saturated carbocycles. The summed E-state index contributed by atoms with van der Waals surface area (Å²) in [6.07, 6.45) is 3.01. The zero-order chi connectivity index (χ0) is 22.1. The first-order chi connectivity index (χ1) is 15.1. The Labute approximate surface area is 183 Å². The number of aromatic hydroxyl groups is 1. The minimum atomic E-state index is -0.572. The maximum atomic E-state index is 12.7. The zero-order valence-electron chi connectivity index (χ0n) is 16.7. The van der Waals surface area contributed by atoms with Gasteiger partial charge < -0.3 is 15.2 Å². The Morgan fingerprint density at radius 2 is 1.94 bits per heavy atom. The third-order valence-electron chi connectivity index (χ3n) is 4.02. The largest absolute Gasteiger partial charge is 0.504 e. The van der Waals surface area contributed by atoms with E-state index in [-0.39, 0.29) is 11.4 Å². The van der Waals surface area contributed by atoms with E-state index in [4.69, 9.17) is 4.74 Å². The minimum Gasteiger partial charge on any atom is -0.504 e. The molecule has 0 aliphatic rings. The molecule has 2 amide bonds. The van der Waals surface area contributed by atoms with Gasteiger partial charge in [-0.15, -0.1) is 11.3 Å². The Balaban J connectivity index is 1.73. The smallest absolute Gasteiger partial charge is 0.287 e. The van der Waals surface area contributed by atoms with Crippen molar-refractivity contribution in [1.29, 1.82) is 0 Å². The molecule has 0 unspecified atom stereocenters. The number of nitrogens with zero attached hydrogens (tertiary/aromatic N) is 1. The lowest BCUT2D eigenvalue weighted by atomic mass is 10.2. The lowest BCUT2D eigenvalue weighted by molar-refractivity contribution is -0.117. The van der Waals surface area contributed by atoms with Gasteiger partial charge in [-0.1, -0.05) is 24.3 Å². The number of benzene rings is 2. The number of ether oxygens (including phenoxy) is 1. The lowest BCUT2D eigenvalue weighted by Crippen LogP contribution is -2.32. The summed E-state index contributed by atoms with van der Waals surface area (Å²) < 4.78 is 5.33. The van der Waals surface area contributed by atoms with E-state index in [1.54, 1.807) is 48.5 Å². The predicted molar refractivity (Wildman–Crippen MR) is 121 cm³/mol. The minimum absolute atomic E-state index is 0.0211. The van der Waals surface area contributed by atoms with Gasteiger partial charge in [0, 0.05) is 10.4 Å². The van der Waals surface area contributed by atoms with Gasteiger partial charge in [0.1, 0.15) is 5.70 Å². The van der Waals surface area contributed by atoms with Crippen LogP contribution in [0.1, 0.15) is 27.7 Å². The van der Waals surface area contributed by atoms with Crippen LogP contribution in [-0.4, -0.2) is 29.7 Å². The van der Waals surface area contributed by atoms with E-state index in [0.717, 1.165) is 4.88 Å². The number of phenolic OH excluding ortho intramolecular Hbond substituents is 1. The highest BCUT2D eigenvalue weighted by Crippen LogP contribution is 2.26. The van der Waals surface area contributed by atoms with Crippen molar-refractivity contribution in [2.45, 2.75) is 6.92 Å². The quantitative estimate of drug-likeness (QED) is 0.285. The fraction of sp³-hybridized carbons (Fsp3) is 0.0870. The number of carbonyl (C=O) groups excluding carboxylic acids is 2. The molecular weight excluding hydrogens is 414 g/mol. The average molecular weight is 436 g/mol. The molecule has 3 N–H and O–H groups in total. The van der Waals surface area contributed by atoms with E-state index < -0.39 is 11.8 Å². The number of hydrogen-bond acceptors (Lipinski definition) is 6. The summed E-state index contributed by atoms with van der Waals surface area (Å²) in [6.45, 7) is 2.22. The SMILES string of the molecule is CCOc1cc(/C=N/NC(=O)C(=Cc2cccs2)NC(=O)c2ccccc2)ccc1O. The molecule has 0 spiro atoms. The van der Waals surface area contributed by atoms with Gasteiger partial charge in [0.25, 0.3) is 11.8 Å². The second kappa shape index (κ2) is 10.7. The number of rotatable bonds is 8. The highest BCUT2D eigenvalue weighted by Gasteiger charge is 2.14. The first kappa shape index (κ1) is 21.8. The summed E-state index contributed by atoms with van der Waals surface area (Å²) in [5, 5.41) is 18.2. The molecule has 0 aliphatic heterocycles. The molecule has 3 aromatic rings. The highest BCUT2D eigenvalue weighted by atomic mass is 32.1. The Bertz CT molecular complexity index is 1090. The molecule has 2 aromatic carbocycles. The summed E-state index contributed by atoms with van der Waals surface area (Å²) in [4.78, 5) is 26.0. The topological polar surface area (TPSA) is 100 Å². The van der Waals surface area contributed by atoms with E-state index >= 15 is 0 Å². The first-order valence-corrected chi connectivity index (χ1v) is 10.4. The molecular formula is C23H21N3O4S. The zero-order valence-corrected chi connectivity index (χ0v) is 17.6. The van der Waals surface area contributed by atoms with Crippen molar-refractivity contribution in [2.75, 3.05) is 6.61 Å². The van der Waals surface area contributed by atoms with Crippen LogP contribution in [0, 0.1) is 0 Å². The third kappa shape index (κ3) is 6.28. The van der Waals surface area contributed by atoms with Crippen LogP contribution in [0.25, 0.3) is 6.08 Å². The summed E-state index contributed by atoms with van der Waals surface area (Å²) in [7, 11) is 0. The van der Waals surface area contributed by atoms with Gasteiger partial charge in [0.05, 0.1) is 12.8 Å². The molecule has 0 saturated heterocycles. The fourth-order valence-electron chi connectivity index (χ4n) is 2.57. The molecule has 31 heavy (non-hydrogen) atoms. The maximum Gasteiger partial charge on any atom is 0.287 e. The summed E-state index contributed by atoms with van der Waals surface area (Å²) >= 11 is 1.44. The van der Waals surface area contributed by atoms with Gasteiger partial charge >= 0.3 is 0 Å². The maximum absolute atomic E-state index is 12.7. The summed E-state index contributed by atoms with van der Waals surface area (Å²) in [5.74, 6) is -0.626. The normalized spacial score (nSPS) is 11.3. The second-order valence-electron chi connectivity index (χ2n) is 6.25. The summed E-state index contributed by atoms with van der Waals surface area (Å²) in [5.41, 5.74) is 3.54. The molecule has 158 valence electrons. The monoisotopic (exact) mass is 435 g/mol. The van der Waals surface area contributed by atoms with Crippen LogP contribution < -0.4 is 15.5 Å². The van der Waals surface area contributed by atoms with Crippen molar-refractivity contribution in [1.82, 2.24) is 10.7 Å². The molecule has 7 nitrogen and oxygen atoms in total. The Morgan fingerprint density at radius 3 is 2.65 bits per heavy atom. The number of thiophene rings is 1. The van der Waals surface area contributed by atoms with Crippen molar-refractivity contribution >= 4 is 35.4 Å². The van der Waals surface area contributed by atoms with E-state index in [2.05, 4.69) is 15.8 Å². The van der Waals surface area contributed by atoms with Crippen LogP contribution in [0.3, 0.4) is 0 Å². The van der Waals surface area contributed by atoms with Crippen molar-refractivity contribution in [3.8, 4) is 11.5 Å². The van der Waals surface area contributed by atoms with E-state index in [1.807, 2.05) is 24.4 Å². The summed E-state index contributed by atoms with van der Waals surface area (Å²) in [6, 6.07) is 17.0. The molecule has 0 bridgehead atoms. The van der Waals surface area contributed by atoms with E-state index in [9.17, 15) is 14.7 Å². The third-order valence-corrected chi connectivity index (χ3v) is 4.84. The van der Waals surface area contributed by atoms with Crippen LogP contribution in [0.5, 0.6) is 11.5 Å². The van der Waals surface area contributed by atoms with E-state index in [1.165, 1.54) is 23.6 Å². The lowest BCUT2D eigenvalue weighted by Gasteiger charge is -2.09. The molecule has 3 rings (SSSR count). The first-order valence-electron chi connectivity index (χ1n) is 9.47. The van der Waals surface area contributed by atoms with Gasteiger partial charge in [-0.2, -0.15) is 5.10 Å². The van der Waals surface area contributed by atoms with Crippen LogP contribution in [0.4, 0.5) is 0 Å². The van der Waals surface area contributed by atoms with Gasteiger partial charge in [-0.3, -0.25) is 9.59 Å². The number of nitrogens with one attached hydrogen (secondary N) is 2. The number of amides is 2. The molecule has 0 aliphatic carbocycles. The molecule has 8 heteroatoms. The number of hydrogen-bond donors (Lipinski definition) is 3. The Morgan fingerprint density at radius 1 is 1.13 bits per heavy atom. The van der Waals surface area contributed by atoms with Crippen molar-refractivity contribution in [3.05, 3.63) is 87.7 Å². The van der Waals surface area contributed by atoms with Crippen molar-refractivity contribution in [3.63, 3.8) is 0 Å². The van der Waals surface area contributed by atoms with Crippen LogP contribution >= 0.6 is 11.3 Å². The van der Waals surface area contributed by atoms with Crippen LogP contribution in [0.2, 0.25) is 0 Å². The van der Waals surface area contributed by atoms with Gasteiger partial charge in [0.15, 0.2) is 11.5 Å². The van der Waals surface area contributed by atoms with Crippen molar-refractivity contribution in [2.24, 2.45) is 5.10 Å². The highest BCUT2D eigenvalue weighted by molar-refractivity contribution is 7.10. The molecule has 1 aromatic heterocycles. The van der Waals surface area contributed by atoms with Gasteiger partial charge in [0.2, 0.25) is 0 Å². The van der Waals surface area contributed by atoms with Gasteiger partial charge in [-0.25, -0.2) is 5.43 Å². The van der Waals surface area contributed by atoms with Crippen LogP contribution in [0.15, 0.2) is 76.8 Å². The van der Waals surface area contributed by atoms with Crippen molar-refractivity contribution < 1.29 is 19.4 Å². The molecule has 1 heterocycles. The molecule has 0 fully saturated rings. The standard InChI is InChI=1S/C23H21N3O4S/c1-2-30-21-13-16(10-11-20(21)27)15-24-26-23(29)19(14-18-9-6-12-31-18)25-22(28)17-7-4-3-5-8-17/h3-15,27H,2H2,1H3,(H,25,28)(H,26,29)/b19-14?,24-15+.